The highest BCUT2D eigenvalue weighted by Crippen LogP contribution is 2.43. The maximum absolute atomic E-state index is 15.0. The van der Waals surface area contributed by atoms with E-state index in [1.807, 2.05) is 37.6 Å². The van der Waals surface area contributed by atoms with Crippen molar-refractivity contribution in [2.75, 3.05) is 38.0 Å². The van der Waals surface area contributed by atoms with Crippen LogP contribution in [0.1, 0.15) is 70.4 Å². The Balaban J connectivity index is 1.17. The Hall–Kier alpha value is -3.50. The van der Waals surface area contributed by atoms with Gasteiger partial charge < -0.3 is 14.8 Å². The lowest BCUT2D eigenvalue weighted by Gasteiger charge is -2.39. The van der Waals surface area contributed by atoms with Gasteiger partial charge in [0.05, 0.1) is 11.7 Å². The molecule has 0 bridgehead atoms. The molecule has 5 heterocycles. The number of nitrogens with zero attached hydrogens (tertiary/aromatic N) is 7. The Bertz CT molecular complexity index is 1570. The number of likely N-dealkylation sites (tertiary alicyclic amines) is 2. The zero-order valence-corrected chi connectivity index (χ0v) is 25.2. The van der Waals surface area contributed by atoms with Crippen LogP contribution in [0.25, 0.3) is 22.3 Å². The predicted molar refractivity (Wildman–Crippen MR) is 162 cm³/mol. The summed E-state index contributed by atoms with van der Waals surface area (Å²) in [4.78, 5) is 22.6. The fourth-order valence-corrected chi connectivity index (χ4v) is 6.79. The van der Waals surface area contributed by atoms with E-state index >= 15 is 4.39 Å². The number of hydrogen-bond donors (Lipinski definition) is 1. The number of benzene rings is 1. The van der Waals surface area contributed by atoms with Gasteiger partial charge in [-0.3, -0.25) is 4.90 Å². The first-order valence-electron chi connectivity index (χ1n) is 15.1. The average Bonchev–Trinajstić information content (AvgIpc) is 3.55. The van der Waals surface area contributed by atoms with Crippen LogP contribution < -0.4 is 5.32 Å². The molecule has 0 amide bonds. The van der Waals surface area contributed by atoms with E-state index in [2.05, 4.69) is 55.0 Å². The largest absolute Gasteiger partial charge is 0.326 e. The van der Waals surface area contributed by atoms with Crippen LogP contribution in [0.15, 0.2) is 36.7 Å². The van der Waals surface area contributed by atoms with E-state index in [1.165, 1.54) is 38.4 Å². The number of nitrogens with one attached hydrogen (secondary N) is 1. The lowest BCUT2D eigenvalue weighted by Crippen LogP contribution is -2.41. The standard InChI is InChI=1S/C32H40F2N8/c1-6-40-12-9-32(10-13-40)11-14-41(19-32)21(4)23-7-8-28(35-17-23)38-31-36-18-26(34)29(39-31)24-15-25(33)30-27(16-24)42(20(2)3)22(5)37-30/h7-8,15-18,20-21H,6,9-14,19H2,1-5H3,(H,35,36,38,39). The minimum Gasteiger partial charge on any atom is -0.326 e. The van der Waals surface area contributed by atoms with Gasteiger partial charge in [-0.05, 0) is 102 Å². The van der Waals surface area contributed by atoms with Gasteiger partial charge in [-0.1, -0.05) is 13.0 Å². The van der Waals surface area contributed by atoms with Crippen molar-refractivity contribution in [3.05, 3.63) is 59.7 Å². The summed E-state index contributed by atoms with van der Waals surface area (Å²) < 4.78 is 31.9. The number of aryl methyl sites for hydroxylation is 1. The monoisotopic (exact) mass is 574 g/mol. The molecule has 2 fully saturated rings. The lowest BCUT2D eigenvalue weighted by atomic mass is 9.78. The Morgan fingerprint density at radius 1 is 0.952 bits per heavy atom. The summed E-state index contributed by atoms with van der Waals surface area (Å²) in [5, 5.41) is 3.09. The van der Waals surface area contributed by atoms with Crippen LogP contribution in [0.3, 0.4) is 0 Å². The van der Waals surface area contributed by atoms with E-state index in [0.717, 1.165) is 31.4 Å². The van der Waals surface area contributed by atoms with Gasteiger partial charge in [-0.15, -0.1) is 0 Å². The van der Waals surface area contributed by atoms with Crippen molar-refractivity contribution in [1.29, 1.82) is 0 Å². The average molecular weight is 575 g/mol. The van der Waals surface area contributed by atoms with Crippen LogP contribution >= 0.6 is 0 Å². The minimum atomic E-state index is -0.632. The maximum atomic E-state index is 15.0. The molecule has 0 saturated carbocycles. The van der Waals surface area contributed by atoms with Gasteiger partial charge in [0.2, 0.25) is 5.95 Å². The Labute approximate surface area is 246 Å². The number of piperidine rings is 1. The molecule has 1 unspecified atom stereocenters. The molecular formula is C32H40F2N8. The van der Waals surface area contributed by atoms with Gasteiger partial charge in [-0.2, -0.15) is 0 Å². The quantitative estimate of drug-likeness (QED) is 0.264. The molecule has 2 saturated heterocycles. The molecule has 3 aromatic heterocycles. The molecule has 4 aromatic rings. The van der Waals surface area contributed by atoms with Crippen LogP contribution in [0.4, 0.5) is 20.5 Å². The normalized spacial score (nSPS) is 18.4. The van der Waals surface area contributed by atoms with Gasteiger partial charge in [0.25, 0.3) is 0 Å². The molecule has 42 heavy (non-hydrogen) atoms. The summed E-state index contributed by atoms with van der Waals surface area (Å²) >= 11 is 0. The third-order valence-electron chi connectivity index (χ3n) is 9.35. The molecular weight excluding hydrogens is 534 g/mol. The lowest BCUT2D eigenvalue weighted by molar-refractivity contribution is 0.105. The van der Waals surface area contributed by atoms with E-state index in [4.69, 9.17) is 0 Å². The fraction of sp³-hybridized carbons (Fsp3) is 0.500. The van der Waals surface area contributed by atoms with Gasteiger partial charge in [0.15, 0.2) is 11.6 Å². The molecule has 1 aromatic carbocycles. The Kier molecular flexibility index (Phi) is 7.70. The third-order valence-corrected chi connectivity index (χ3v) is 9.35. The third kappa shape index (κ3) is 5.38. The minimum absolute atomic E-state index is 0.0143. The second-order valence-electron chi connectivity index (χ2n) is 12.3. The van der Waals surface area contributed by atoms with E-state index in [1.54, 1.807) is 6.07 Å². The van der Waals surface area contributed by atoms with Gasteiger partial charge in [-0.25, -0.2) is 28.7 Å². The van der Waals surface area contributed by atoms with E-state index in [9.17, 15) is 4.39 Å². The summed E-state index contributed by atoms with van der Waals surface area (Å²) in [5.41, 5.74) is 2.82. The molecule has 0 aliphatic carbocycles. The molecule has 1 spiro atoms. The molecule has 10 heteroatoms. The molecule has 2 aliphatic rings. The van der Waals surface area contributed by atoms with Crippen LogP contribution in [-0.4, -0.2) is 67.0 Å². The van der Waals surface area contributed by atoms with Crippen molar-refractivity contribution in [3.63, 3.8) is 0 Å². The molecule has 6 rings (SSSR count). The number of halogens is 2. The smallest absolute Gasteiger partial charge is 0.229 e. The highest BCUT2D eigenvalue weighted by Gasteiger charge is 2.41. The zero-order chi connectivity index (χ0) is 29.6. The Morgan fingerprint density at radius 2 is 1.71 bits per heavy atom. The summed E-state index contributed by atoms with van der Waals surface area (Å²) in [6.07, 6.45) is 6.82. The van der Waals surface area contributed by atoms with Crippen LogP contribution in [0.2, 0.25) is 0 Å². The van der Waals surface area contributed by atoms with Crippen molar-refractivity contribution in [1.82, 2.24) is 34.3 Å². The number of imidazole rings is 1. The Morgan fingerprint density at radius 3 is 2.40 bits per heavy atom. The first-order chi connectivity index (χ1) is 20.2. The number of anilines is 2. The second-order valence-corrected chi connectivity index (χ2v) is 12.3. The summed E-state index contributed by atoms with van der Waals surface area (Å²) in [7, 11) is 0. The predicted octanol–water partition coefficient (Wildman–Crippen LogP) is 6.67. The van der Waals surface area contributed by atoms with E-state index in [0.29, 0.717) is 28.1 Å². The molecule has 1 atom stereocenters. The molecule has 8 nitrogen and oxygen atoms in total. The van der Waals surface area contributed by atoms with Crippen molar-refractivity contribution in [2.24, 2.45) is 5.41 Å². The fourth-order valence-electron chi connectivity index (χ4n) is 6.79. The summed E-state index contributed by atoms with van der Waals surface area (Å²) in [6.45, 7) is 16.2. The van der Waals surface area contributed by atoms with E-state index < -0.39 is 11.6 Å². The number of fused-ring (bicyclic) bond motifs is 1. The topological polar surface area (TPSA) is 75.0 Å². The summed E-state index contributed by atoms with van der Waals surface area (Å²) in [5.74, 6) is 0.302. The van der Waals surface area contributed by atoms with Gasteiger partial charge in [0.1, 0.15) is 22.9 Å². The van der Waals surface area contributed by atoms with Crippen LogP contribution in [-0.2, 0) is 0 Å². The number of aromatic nitrogens is 5. The summed E-state index contributed by atoms with van der Waals surface area (Å²) in [6, 6.07) is 7.33. The first kappa shape index (κ1) is 28.6. The van der Waals surface area contributed by atoms with Crippen molar-refractivity contribution in [2.45, 2.75) is 66.0 Å². The maximum Gasteiger partial charge on any atom is 0.229 e. The van der Waals surface area contributed by atoms with Crippen LogP contribution in [0.5, 0.6) is 0 Å². The zero-order valence-electron chi connectivity index (χ0n) is 25.2. The number of rotatable bonds is 7. The van der Waals surface area contributed by atoms with Gasteiger partial charge >= 0.3 is 0 Å². The number of pyridine rings is 1. The SMILES string of the molecule is CCN1CCC2(CC1)CCN(C(C)c1ccc(Nc3ncc(F)c(-c4cc(F)c5nc(C)n(C(C)C)c5c4)n3)nc1)C2. The van der Waals surface area contributed by atoms with Crippen molar-refractivity contribution in [3.8, 4) is 11.3 Å². The first-order valence-corrected chi connectivity index (χ1v) is 15.1. The van der Waals surface area contributed by atoms with Crippen molar-refractivity contribution >= 4 is 22.8 Å². The van der Waals surface area contributed by atoms with E-state index in [-0.39, 0.29) is 29.2 Å². The highest BCUT2D eigenvalue weighted by molar-refractivity contribution is 5.83. The second kappa shape index (κ2) is 11.3. The molecule has 1 N–H and O–H groups in total. The molecule has 222 valence electrons. The number of hydrogen-bond acceptors (Lipinski definition) is 7. The van der Waals surface area contributed by atoms with Crippen LogP contribution in [0, 0.1) is 24.0 Å². The molecule has 2 aliphatic heterocycles. The molecule has 0 radical (unpaired) electrons. The van der Waals surface area contributed by atoms with Crippen molar-refractivity contribution < 1.29 is 8.78 Å². The van der Waals surface area contributed by atoms with Gasteiger partial charge in [0, 0.05) is 30.4 Å². The highest BCUT2D eigenvalue weighted by atomic mass is 19.1.